The molecule has 0 aliphatic heterocycles. The molecule has 0 aromatic heterocycles. The van der Waals surface area contributed by atoms with Crippen LogP contribution in [-0.4, -0.2) is 11.9 Å². The van der Waals surface area contributed by atoms with Crippen LogP contribution in [0.5, 0.6) is 0 Å². The molecule has 1 rings (SSSR count). The molecule has 1 fully saturated rings. The summed E-state index contributed by atoms with van der Waals surface area (Å²) in [6.45, 7) is 3.49. The van der Waals surface area contributed by atoms with E-state index in [9.17, 15) is 4.79 Å². The molecule has 1 radical (unpaired) electrons. The van der Waals surface area contributed by atoms with E-state index in [1.54, 1.807) is 0 Å². The molecule has 1 saturated carbocycles. The van der Waals surface area contributed by atoms with Gasteiger partial charge in [-0.3, -0.25) is 4.79 Å². The lowest BCUT2D eigenvalue weighted by atomic mass is 9.93. The third-order valence-corrected chi connectivity index (χ3v) is 1.70. The first-order valence-corrected chi connectivity index (χ1v) is 3.41. The zero-order chi connectivity index (χ0) is 6.69. The minimum atomic E-state index is 0.0831. The van der Waals surface area contributed by atoms with Crippen LogP contribution in [-0.2, 0) is 4.79 Å². The number of amides is 1. The molecule has 0 heterocycles. The molecule has 0 saturated heterocycles. The second-order valence-electron chi connectivity index (χ2n) is 2.45. The van der Waals surface area contributed by atoms with Crippen LogP contribution in [0.2, 0.25) is 0 Å². The number of rotatable bonds is 2. The smallest absolute Gasteiger partial charge is 0.220 e. The van der Waals surface area contributed by atoms with Crippen molar-refractivity contribution in [3.8, 4) is 0 Å². The fourth-order valence-electron chi connectivity index (χ4n) is 0.852. The third-order valence-electron chi connectivity index (χ3n) is 1.70. The second-order valence-corrected chi connectivity index (χ2v) is 2.45. The van der Waals surface area contributed by atoms with Gasteiger partial charge in [0, 0.05) is 12.5 Å². The maximum absolute atomic E-state index is 10.6. The van der Waals surface area contributed by atoms with Crippen LogP contribution >= 0.6 is 0 Å². The lowest BCUT2D eigenvalue weighted by Crippen LogP contribution is -2.39. The Hall–Kier alpha value is -0.530. The van der Waals surface area contributed by atoms with E-state index in [1.807, 2.05) is 0 Å². The van der Waals surface area contributed by atoms with Crippen LogP contribution < -0.4 is 5.32 Å². The molecule has 1 amide bonds. The number of hydrogen-bond donors (Lipinski definition) is 1. The van der Waals surface area contributed by atoms with Gasteiger partial charge in [0.05, 0.1) is 0 Å². The van der Waals surface area contributed by atoms with E-state index in [-0.39, 0.29) is 5.91 Å². The molecule has 0 aromatic carbocycles. The highest BCUT2D eigenvalue weighted by Crippen LogP contribution is 2.17. The monoisotopic (exact) mass is 126 g/mol. The second kappa shape index (κ2) is 2.85. The summed E-state index contributed by atoms with van der Waals surface area (Å²) in [6, 6.07) is 0.472. The van der Waals surface area contributed by atoms with Crippen LogP contribution in [0.25, 0.3) is 0 Å². The van der Waals surface area contributed by atoms with E-state index in [1.165, 1.54) is 6.42 Å². The van der Waals surface area contributed by atoms with Crippen LogP contribution in [0, 0.1) is 6.92 Å². The van der Waals surface area contributed by atoms with Gasteiger partial charge in [0.15, 0.2) is 0 Å². The number of carbonyl (C=O) groups excluding carboxylic acids is 1. The van der Waals surface area contributed by atoms with Crippen molar-refractivity contribution in [3.05, 3.63) is 6.92 Å². The standard InChI is InChI=1S/C7H12NO/c1-2-7(9)8-6-4-3-5-6/h6H,1-5H2,(H,8,9). The van der Waals surface area contributed by atoms with Gasteiger partial charge in [-0.2, -0.15) is 0 Å². The molecule has 0 spiro atoms. The van der Waals surface area contributed by atoms with Crippen molar-refractivity contribution in [2.75, 3.05) is 0 Å². The molecule has 0 bridgehead atoms. The van der Waals surface area contributed by atoms with Crippen molar-refractivity contribution in [2.24, 2.45) is 0 Å². The maximum atomic E-state index is 10.6. The molecule has 9 heavy (non-hydrogen) atoms. The van der Waals surface area contributed by atoms with E-state index in [4.69, 9.17) is 0 Å². The van der Waals surface area contributed by atoms with Crippen LogP contribution in [0.3, 0.4) is 0 Å². The van der Waals surface area contributed by atoms with Gasteiger partial charge >= 0.3 is 0 Å². The number of hydrogen-bond acceptors (Lipinski definition) is 1. The molecule has 2 nitrogen and oxygen atoms in total. The quantitative estimate of drug-likeness (QED) is 0.584. The zero-order valence-electron chi connectivity index (χ0n) is 5.52. The summed E-state index contributed by atoms with van der Waals surface area (Å²) >= 11 is 0. The molecule has 0 aromatic rings. The van der Waals surface area contributed by atoms with E-state index in [0.29, 0.717) is 12.5 Å². The van der Waals surface area contributed by atoms with Crippen molar-refractivity contribution < 1.29 is 4.79 Å². The number of nitrogens with one attached hydrogen (secondary N) is 1. The minimum Gasteiger partial charge on any atom is -0.353 e. The Morgan fingerprint density at radius 1 is 1.67 bits per heavy atom. The molecular weight excluding hydrogens is 114 g/mol. The molecular formula is C7H12NO. The van der Waals surface area contributed by atoms with Gasteiger partial charge in [-0.25, -0.2) is 0 Å². The van der Waals surface area contributed by atoms with Crippen LogP contribution in [0.4, 0.5) is 0 Å². The van der Waals surface area contributed by atoms with Crippen molar-refractivity contribution >= 4 is 5.91 Å². The zero-order valence-corrected chi connectivity index (χ0v) is 5.52. The Bertz CT molecular complexity index is 107. The van der Waals surface area contributed by atoms with Gasteiger partial charge in [-0.05, 0) is 26.2 Å². The lowest BCUT2D eigenvalue weighted by molar-refractivity contribution is -0.121. The van der Waals surface area contributed by atoms with Crippen molar-refractivity contribution in [2.45, 2.75) is 31.7 Å². The molecule has 2 heteroatoms. The summed E-state index contributed by atoms with van der Waals surface area (Å²) in [5.74, 6) is 0.0831. The maximum Gasteiger partial charge on any atom is 0.220 e. The SMILES string of the molecule is [CH2]CC(=O)NC1CCC1. The van der Waals surface area contributed by atoms with Gasteiger partial charge < -0.3 is 5.32 Å². The van der Waals surface area contributed by atoms with Gasteiger partial charge in [0.1, 0.15) is 0 Å². The van der Waals surface area contributed by atoms with Gasteiger partial charge in [-0.1, -0.05) is 0 Å². The first-order valence-electron chi connectivity index (χ1n) is 3.41. The molecule has 1 aliphatic carbocycles. The van der Waals surface area contributed by atoms with E-state index in [0.717, 1.165) is 12.8 Å². The molecule has 0 atom stereocenters. The average Bonchev–Trinajstić information content (AvgIpc) is 1.78. The first kappa shape index (κ1) is 6.59. The predicted molar refractivity (Wildman–Crippen MR) is 35.8 cm³/mol. The number of carbonyl (C=O) groups is 1. The van der Waals surface area contributed by atoms with E-state index < -0.39 is 0 Å². The van der Waals surface area contributed by atoms with Crippen molar-refractivity contribution in [3.63, 3.8) is 0 Å². The molecule has 1 aliphatic rings. The Morgan fingerprint density at radius 2 is 2.33 bits per heavy atom. The molecule has 1 N–H and O–H groups in total. The average molecular weight is 126 g/mol. The normalized spacial score (nSPS) is 18.8. The van der Waals surface area contributed by atoms with Gasteiger partial charge in [0.25, 0.3) is 0 Å². The minimum absolute atomic E-state index is 0.0831. The fourth-order valence-corrected chi connectivity index (χ4v) is 0.852. The van der Waals surface area contributed by atoms with Crippen molar-refractivity contribution in [1.82, 2.24) is 5.32 Å². The van der Waals surface area contributed by atoms with Gasteiger partial charge in [0.2, 0.25) is 5.91 Å². The highest BCUT2D eigenvalue weighted by molar-refractivity contribution is 5.76. The lowest BCUT2D eigenvalue weighted by Gasteiger charge is -2.25. The summed E-state index contributed by atoms with van der Waals surface area (Å²) in [5.41, 5.74) is 0. The summed E-state index contributed by atoms with van der Waals surface area (Å²) in [4.78, 5) is 10.6. The fraction of sp³-hybridized carbons (Fsp3) is 0.714. The highest BCUT2D eigenvalue weighted by atomic mass is 16.1. The third kappa shape index (κ3) is 1.70. The van der Waals surface area contributed by atoms with E-state index in [2.05, 4.69) is 12.2 Å². The largest absolute Gasteiger partial charge is 0.353 e. The van der Waals surface area contributed by atoms with Gasteiger partial charge in [-0.15, -0.1) is 0 Å². The Balaban J connectivity index is 2.09. The Kier molecular flexibility index (Phi) is 2.09. The Labute approximate surface area is 55.6 Å². The predicted octanol–water partition coefficient (Wildman–Crippen LogP) is 0.879. The van der Waals surface area contributed by atoms with Crippen LogP contribution in [0.1, 0.15) is 25.7 Å². The Morgan fingerprint density at radius 3 is 2.67 bits per heavy atom. The first-order chi connectivity index (χ1) is 4.33. The summed E-state index contributed by atoms with van der Waals surface area (Å²) in [6.07, 6.45) is 3.95. The van der Waals surface area contributed by atoms with Crippen LogP contribution in [0.15, 0.2) is 0 Å². The van der Waals surface area contributed by atoms with Crippen molar-refractivity contribution in [1.29, 1.82) is 0 Å². The summed E-state index contributed by atoms with van der Waals surface area (Å²) in [5, 5.41) is 2.86. The molecule has 51 valence electrons. The molecule has 0 unspecified atom stereocenters. The summed E-state index contributed by atoms with van der Waals surface area (Å²) in [7, 11) is 0. The summed E-state index contributed by atoms with van der Waals surface area (Å²) < 4.78 is 0. The topological polar surface area (TPSA) is 29.1 Å². The highest BCUT2D eigenvalue weighted by Gasteiger charge is 2.17. The van der Waals surface area contributed by atoms with E-state index >= 15 is 0 Å².